The molecule has 0 saturated heterocycles. The van der Waals surface area contributed by atoms with Crippen molar-refractivity contribution >= 4 is 33.0 Å². The number of halogens is 1. The monoisotopic (exact) mass is 341 g/mol. The van der Waals surface area contributed by atoms with Gasteiger partial charge in [-0.1, -0.05) is 11.6 Å². The molecule has 1 aromatic carbocycles. The molecule has 1 heterocycles. The number of nitrogens with one attached hydrogen (secondary N) is 1. The van der Waals surface area contributed by atoms with E-state index in [1.165, 1.54) is 29.5 Å². The van der Waals surface area contributed by atoms with Crippen LogP contribution in [-0.2, 0) is 15.6 Å². The molecular formula is C13H12ClN3O2S2. The summed E-state index contributed by atoms with van der Waals surface area (Å²) in [5, 5.41) is 11.4. The highest BCUT2D eigenvalue weighted by Gasteiger charge is 2.31. The molecule has 8 heteroatoms. The van der Waals surface area contributed by atoms with Gasteiger partial charge in [0.25, 0.3) is 0 Å². The number of sulfonamides is 1. The van der Waals surface area contributed by atoms with Gasteiger partial charge in [0.1, 0.15) is 9.90 Å². The lowest BCUT2D eigenvalue weighted by Crippen LogP contribution is -2.40. The van der Waals surface area contributed by atoms with Gasteiger partial charge in [0.15, 0.2) is 0 Å². The Kier molecular flexibility index (Phi) is 4.35. The van der Waals surface area contributed by atoms with Crippen LogP contribution in [0.3, 0.4) is 0 Å². The molecule has 0 bridgehead atoms. The number of nitrogens with zero attached hydrogens (tertiary/aromatic N) is 2. The van der Waals surface area contributed by atoms with Crippen LogP contribution in [0.4, 0.5) is 0 Å². The third-order valence-corrected chi connectivity index (χ3v) is 5.94. The van der Waals surface area contributed by atoms with Gasteiger partial charge >= 0.3 is 0 Å². The van der Waals surface area contributed by atoms with E-state index in [1.54, 1.807) is 25.4 Å². The molecule has 0 radical (unpaired) electrons. The van der Waals surface area contributed by atoms with E-state index in [4.69, 9.17) is 16.9 Å². The first-order chi connectivity index (χ1) is 9.76. The van der Waals surface area contributed by atoms with Gasteiger partial charge in [0.2, 0.25) is 10.0 Å². The Hall–Kier alpha value is -1.46. The van der Waals surface area contributed by atoms with Crippen LogP contribution in [0.15, 0.2) is 34.7 Å². The summed E-state index contributed by atoms with van der Waals surface area (Å²) in [7, 11) is -3.87. The average molecular weight is 342 g/mol. The molecule has 1 aromatic heterocycles. The number of rotatable bonds is 4. The molecule has 0 unspecified atom stereocenters. The Balaban J connectivity index is 2.42. The molecular weight excluding hydrogens is 330 g/mol. The van der Waals surface area contributed by atoms with Crippen molar-refractivity contribution in [3.63, 3.8) is 0 Å². The first kappa shape index (κ1) is 15.9. The summed E-state index contributed by atoms with van der Waals surface area (Å²) in [6, 6.07) is 6.01. The van der Waals surface area contributed by atoms with Gasteiger partial charge in [-0.25, -0.2) is 13.4 Å². The maximum atomic E-state index is 12.5. The van der Waals surface area contributed by atoms with Crippen molar-refractivity contribution in [2.24, 2.45) is 0 Å². The molecule has 2 aromatic rings. The van der Waals surface area contributed by atoms with E-state index in [0.717, 1.165) is 0 Å². The zero-order chi connectivity index (χ0) is 15.7. The van der Waals surface area contributed by atoms with Gasteiger partial charge in [-0.3, -0.25) is 0 Å². The standard InChI is InChI=1S/C13H12ClN3O2S2/c1-13(2,12-16-5-6-20-12)17-21(18,19)11-7-9(8-15)3-4-10(11)14/h3-7,17H,1-2H3. The van der Waals surface area contributed by atoms with Crippen molar-refractivity contribution in [1.29, 1.82) is 5.26 Å². The molecule has 1 N–H and O–H groups in total. The number of benzene rings is 1. The summed E-state index contributed by atoms with van der Waals surface area (Å²) >= 11 is 7.30. The van der Waals surface area contributed by atoms with E-state index in [2.05, 4.69) is 9.71 Å². The zero-order valence-corrected chi connectivity index (χ0v) is 13.7. The molecule has 0 amide bonds. The second-order valence-electron chi connectivity index (χ2n) is 4.82. The number of hydrogen-bond donors (Lipinski definition) is 1. The van der Waals surface area contributed by atoms with E-state index in [0.29, 0.717) is 5.01 Å². The van der Waals surface area contributed by atoms with Crippen molar-refractivity contribution in [1.82, 2.24) is 9.71 Å². The number of thiazole rings is 1. The van der Waals surface area contributed by atoms with Gasteiger partial charge in [0.05, 0.1) is 22.2 Å². The second-order valence-corrected chi connectivity index (χ2v) is 7.78. The lowest BCUT2D eigenvalue weighted by Gasteiger charge is -2.23. The number of aromatic nitrogens is 1. The molecule has 0 aliphatic carbocycles. The smallest absolute Gasteiger partial charge is 0.242 e. The summed E-state index contributed by atoms with van der Waals surface area (Å²) in [6.45, 7) is 3.43. The normalized spacial score (nSPS) is 12.1. The first-order valence-corrected chi connectivity index (χ1v) is 8.64. The predicted octanol–water partition coefficient (Wildman–Crippen LogP) is 2.88. The van der Waals surface area contributed by atoms with Crippen LogP contribution in [0.2, 0.25) is 5.02 Å². The van der Waals surface area contributed by atoms with E-state index >= 15 is 0 Å². The van der Waals surface area contributed by atoms with E-state index in [1.807, 2.05) is 6.07 Å². The largest absolute Gasteiger partial charge is 0.248 e. The van der Waals surface area contributed by atoms with Crippen LogP contribution in [0.5, 0.6) is 0 Å². The molecule has 0 saturated carbocycles. The molecule has 5 nitrogen and oxygen atoms in total. The van der Waals surface area contributed by atoms with E-state index in [-0.39, 0.29) is 15.5 Å². The Morgan fingerprint density at radius 2 is 2.14 bits per heavy atom. The van der Waals surface area contributed by atoms with Crippen LogP contribution >= 0.6 is 22.9 Å². The molecule has 0 aliphatic heterocycles. The molecule has 0 fully saturated rings. The van der Waals surface area contributed by atoms with Crippen LogP contribution in [-0.4, -0.2) is 13.4 Å². The van der Waals surface area contributed by atoms with E-state index in [9.17, 15) is 8.42 Å². The van der Waals surface area contributed by atoms with Gasteiger partial charge in [0, 0.05) is 11.6 Å². The fourth-order valence-electron chi connectivity index (χ4n) is 1.75. The Bertz CT molecular complexity index is 793. The Labute approximate surface area is 132 Å². The maximum absolute atomic E-state index is 12.5. The quantitative estimate of drug-likeness (QED) is 0.926. The van der Waals surface area contributed by atoms with Crippen LogP contribution in [0, 0.1) is 11.3 Å². The summed E-state index contributed by atoms with van der Waals surface area (Å²) in [5.74, 6) is 0. The summed E-state index contributed by atoms with van der Waals surface area (Å²) < 4.78 is 27.6. The lowest BCUT2D eigenvalue weighted by atomic mass is 10.1. The second kappa shape index (κ2) is 5.73. The third kappa shape index (κ3) is 3.41. The summed E-state index contributed by atoms with van der Waals surface area (Å²) in [4.78, 5) is 4.01. The maximum Gasteiger partial charge on any atom is 0.242 e. The van der Waals surface area contributed by atoms with Crippen molar-refractivity contribution in [2.45, 2.75) is 24.3 Å². The van der Waals surface area contributed by atoms with E-state index < -0.39 is 15.6 Å². The minimum Gasteiger partial charge on any atom is -0.248 e. The van der Waals surface area contributed by atoms with Crippen molar-refractivity contribution in [2.75, 3.05) is 0 Å². The highest BCUT2D eigenvalue weighted by molar-refractivity contribution is 7.89. The highest BCUT2D eigenvalue weighted by Crippen LogP contribution is 2.28. The van der Waals surface area contributed by atoms with Crippen molar-refractivity contribution < 1.29 is 8.42 Å². The minimum atomic E-state index is -3.87. The molecule has 0 aliphatic rings. The molecule has 110 valence electrons. The third-order valence-electron chi connectivity index (χ3n) is 2.71. The zero-order valence-electron chi connectivity index (χ0n) is 11.3. The van der Waals surface area contributed by atoms with Gasteiger partial charge in [-0.15, -0.1) is 11.3 Å². The predicted molar refractivity (Wildman–Crippen MR) is 81.6 cm³/mol. The Morgan fingerprint density at radius 3 is 2.71 bits per heavy atom. The fraction of sp³-hybridized carbons (Fsp3) is 0.231. The van der Waals surface area contributed by atoms with Crippen molar-refractivity contribution in [3.05, 3.63) is 45.4 Å². The fourth-order valence-corrected chi connectivity index (χ4v) is 4.44. The Morgan fingerprint density at radius 1 is 1.43 bits per heavy atom. The molecule has 21 heavy (non-hydrogen) atoms. The van der Waals surface area contributed by atoms with Gasteiger partial charge < -0.3 is 0 Å². The van der Waals surface area contributed by atoms with Gasteiger partial charge in [-0.2, -0.15) is 9.98 Å². The number of nitriles is 1. The molecule has 2 rings (SSSR count). The average Bonchev–Trinajstić information content (AvgIpc) is 2.92. The topological polar surface area (TPSA) is 82.9 Å². The van der Waals surface area contributed by atoms with Crippen LogP contribution < -0.4 is 4.72 Å². The van der Waals surface area contributed by atoms with Crippen LogP contribution in [0.25, 0.3) is 0 Å². The SMILES string of the molecule is CC(C)(NS(=O)(=O)c1cc(C#N)ccc1Cl)c1nccs1. The lowest BCUT2D eigenvalue weighted by molar-refractivity contribution is 0.470. The minimum absolute atomic E-state index is 0.0661. The highest BCUT2D eigenvalue weighted by atomic mass is 35.5. The molecule has 0 spiro atoms. The summed E-state index contributed by atoms with van der Waals surface area (Å²) in [6.07, 6.45) is 1.61. The van der Waals surface area contributed by atoms with Gasteiger partial charge in [-0.05, 0) is 32.0 Å². The van der Waals surface area contributed by atoms with Crippen molar-refractivity contribution in [3.8, 4) is 6.07 Å². The first-order valence-electron chi connectivity index (χ1n) is 5.90. The summed E-state index contributed by atoms with van der Waals surface area (Å²) in [5.41, 5.74) is -0.647. The molecule has 0 atom stereocenters. The number of hydrogen-bond acceptors (Lipinski definition) is 5. The van der Waals surface area contributed by atoms with Crippen LogP contribution in [0.1, 0.15) is 24.4 Å².